The third-order valence-corrected chi connectivity index (χ3v) is 11.4. The fraction of sp³-hybridized carbons (Fsp3) is 0.641. The van der Waals surface area contributed by atoms with E-state index in [0.29, 0.717) is 35.8 Å². The molecule has 4 atom stereocenters. The molecule has 3 aliphatic rings. The number of hydrogen-bond acceptors (Lipinski definition) is 9. The van der Waals surface area contributed by atoms with Crippen LogP contribution in [0.15, 0.2) is 30.5 Å². The Kier molecular flexibility index (Phi) is 13.0. The maximum atomic E-state index is 14.0. The standard InChI is InChI=1S/C39H57ClN8O4S/c1-27-25-48-35(24-33(43-48)28-10-7-6-8-11-29(22-28)36(49)32-13-12-30(40)23-34(32)44-53(5)51)42-37(27)46-19-14-31(26-46)47(38(50)52-39(2,3)4)18-9-17-45-20-15-41-16-21-45/h12-13,23-25,28-29,31,41,44H,6-11,14-22,26H2,1-5H3/t28-,29?,31+,53?/m1/s1. The van der Waals surface area contributed by atoms with E-state index in [1.165, 1.54) is 0 Å². The molecule has 3 fully saturated rings. The molecule has 2 aromatic heterocycles. The minimum absolute atomic E-state index is 0.0313. The van der Waals surface area contributed by atoms with Crippen LogP contribution in [0.25, 0.3) is 5.65 Å². The Morgan fingerprint density at radius 2 is 1.87 bits per heavy atom. The summed E-state index contributed by atoms with van der Waals surface area (Å²) in [7, 11) is -1.34. The van der Waals surface area contributed by atoms with Gasteiger partial charge in [-0.05, 0) is 84.5 Å². The molecular weight excluding hydrogens is 712 g/mol. The number of aryl methyl sites for hydroxylation is 1. The normalized spacial score (nSPS) is 22.3. The minimum Gasteiger partial charge on any atom is -0.444 e. The first-order valence-electron chi connectivity index (χ1n) is 19.3. The minimum atomic E-state index is -1.34. The van der Waals surface area contributed by atoms with Crippen LogP contribution in [0.5, 0.6) is 0 Å². The SMILES string of the molecule is Cc1cn2nc([C@@H]3CCCCCC(C(=O)c4ccc(Cl)cc4NS(C)=O)C3)cc2nc1N1CC[C@H](N(CCCN2CCNCC2)C(=O)OC(C)(C)C)C1. The molecule has 2 unspecified atom stereocenters. The lowest BCUT2D eigenvalue weighted by atomic mass is 9.79. The molecule has 1 aliphatic carbocycles. The van der Waals surface area contributed by atoms with Crippen LogP contribution in [0.2, 0.25) is 5.02 Å². The number of ketones is 1. The van der Waals surface area contributed by atoms with Gasteiger partial charge in [-0.2, -0.15) is 5.10 Å². The topological polar surface area (TPSA) is 124 Å². The monoisotopic (exact) mass is 768 g/mol. The van der Waals surface area contributed by atoms with Gasteiger partial charge in [0, 0.05) is 92.3 Å². The molecular formula is C39H57ClN8O4S. The third-order valence-electron chi connectivity index (χ3n) is 10.7. The number of ether oxygens (including phenoxy) is 1. The van der Waals surface area contributed by atoms with E-state index in [0.717, 1.165) is 107 Å². The number of amides is 1. The highest BCUT2D eigenvalue weighted by atomic mass is 35.5. The van der Waals surface area contributed by atoms with Crippen molar-refractivity contribution >= 4 is 51.6 Å². The zero-order valence-corrected chi connectivity index (χ0v) is 33.6. The zero-order valence-electron chi connectivity index (χ0n) is 32.0. The van der Waals surface area contributed by atoms with Crippen LogP contribution in [-0.4, -0.2) is 111 Å². The number of carbonyl (C=O) groups is 2. The van der Waals surface area contributed by atoms with Crippen molar-refractivity contribution in [1.29, 1.82) is 0 Å². The highest BCUT2D eigenvalue weighted by Crippen LogP contribution is 2.37. The van der Waals surface area contributed by atoms with E-state index >= 15 is 0 Å². The average molecular weight is 769 g/mol. The number of hydrogen-bond donors (Lipinski definition) is 2. The van der Waals surface area contributed by atoms with E-state index in [2.05, 4.69) is 39.0 Å². The van der Waals surface area contributed by atoms with Crippen molar-refractivity contribution in [2.45, 2.75) is 96.6 Å². The number of rotatable bonds is 11. The molecule has 1 amide bonds. The Labute approximate surface area is 321 Å². The van der Waals surface area contributed by atoms with Gasteiger partial charge in [-0.25, -0.2) is 18.5 Å². The molecule has 1 saturated carbocycles. The molecule has 0 radical (unpaired) electrons. The maximum Gasteiger partial charge on any atom is 0.410 e. The molecule has 3 aromatic rings. The fourth-order valence-corrected chi connectivity index (χ4v) is 8.76. The van der Waals surface area contributed by atoms with Crippen molar-refractivity contribution in [3.63, 3.8) is 0 Å². The molecule has 0 spiro atoms. The van der Waals surface area contributed by atoms with Gasteiger partial charge in [-0.3, -0.25) is 4.79 Å². The van der Waals surface area contributed by atoms with E-state index in [1.54, 1.807) is 24.5 Å². The third kappa shape index (κ3) is 10.3. The van der Waals surface area contributed by atoms with Gasteiger partial charge >= 0.3 is 6.09 Å². The number of Topliss-reactive ketones (excluding diaryl/α,β-unsaturated/α-hetero) is 1. The number of anilines is 2. The van der Waals surface area contributed by atoms with Crippen LogP contribution in [0.1, 0.15) is 99.7 Å². The molecule has 4 heterocycles. The molecule has 6 rings (SSSR count). The first kappa shape index (κ1) is 39.4. The highest BCUT2D eigenvalue weighted by Gasteiger charge is 2.35. The van der Waals surface area contributed by atoms with Gasteiger partial charge in [0.25, 0.3) is 0 Å². The van der Waals surface area contributed by atoms with Gasteiger partial charge in [0.1, 0.15) is 22.4 Å². The molecule has 2 aliphatic heterocycles. The van der Waals surface area contributed by atoms with E-state index in [9.17, 15) is 13.8 Å². The highest BCUT2D eigenvalue weighted by molar-refractivity contribution is 7.85. The van der Waals surface area contributed by atoms with Gasteiger partial charge < -0.3 is 29.5 Å². The second-order valence-corrected chi connectivity index (χ2v) is 17.6. The summed E-state index contributed by atoms with van der Waals surface area (Å²) >= 11 is 6.25. The fourth-order valence-electron chi connectivity index (χ4n) is 8.11. The number of carbonyl (C=O) groups excluding carboxylic acids is 2. The Hall–Kier alpha value is -3.26. The molecule has 53 heavy (non-hydrogen) atoms. The summed E-state index contributed by atoms with van der Waals surface area (Å²) in [6.07, 6.45) is 10.7. The molecule has 0 bridgehead atoms. The Morgan fingerprint density at radius 1 is 1.09 bits per heavy atom. The molecule has 2 N–H and O–H groups in total. The van der Waals surface area contributed by atoms with Crippen molar-refractivity contribution in [2.24, 2.45) is 5.92 Å². The Bertz CT molecular complexity index is 1770. The second kappa shape index (κ2) is 17.5. The lowest BCUT2D eigenvalue weighted by molar-refractivity contribution is 0.0169. The summed E-state index contributed by atoms with van der Waals surface area (Å²) in [4.78, 5) is 39.4. The quantitative estimate of drug-likeness (QED) is 0.212. The van der Waals surface area contributed by atoms with Gasteiger partial charge in [0.2, 0.25) is 0 Å². The summed E-state index contributed by atoms with van der Waals surface area (Å²) in [5.41, 5.74) is 3.24. The lowest BCUT2D eigenvalue weighted by Crippen LogP contribution is -2.47. The summed E-state index contributed by atoms with van der Waals surface area (Å²) in [6.45, 7) is 15.1. The van der Waals surface area contributed by atoms with Gasteiger partial charge in [0.15, 0.2) is 11.4 Å². The first-order valence-corrected chi connectivity index (χ1v) is 21.3. The number of nitrogens with zero attached hydrogens (tertiary/aromatic N) is 6. The van der Waals surface area contributed by atoms with Crippen LogP contribution < -0.4 is 14.9 Å². The Balaban J connectivity index is 1.17. The summed E-state index contributed by atoms with van der Waals surface area (Å²) in [6, 6.07) is 7.26. The number of benzene rings is 1. The average Bonchev–Trinajstić information content (AvgIpc) is 3.73. The van der Waals surface area contributed by atoms with Crippen LogP contribution in [0.4, 0.5) is 16.3 Å². The second-order valence-electron chi connectivity index (χ2n) is 16.0. The number of halogens is 1. The molecule has 12 nitrogen and oxygen atoms in total. The molecule has 14 heteroatoms. The van der Waals surface area contributed by atoms with E-state index in [4.69, 9.17) is 26.4 Å². The summed E-state index contributed by atoms with van der Waals surface area (Å²) in [5, 5.41) is 8.92. The van der Waals surface area contributed by atoms with Crippen molar-refractivity contribution in [2.75, 3.05) is 68.2 Å². The lowest BCUT2D eigenvalue weighted by Gasteiger charge is -2.33. The van der Waals surface area contributed by atoms with E-state index in [-0.39, 0.29) is 29.8 Å². The van der Waals surface area contributed by atoms with Gasteiger partial charge in [0.05, 0.1) is 17.4 Å². The Morgan fingerprint density at radius 3 is 2.62 bits per heavy atom. The van der Waals surface area contributed by atoms with E-state index in [1.807, 2.05) is 30.2 Å². The number of nitrogens with one attached hydrogen (secondary N) is 2. The van der Waals surface area contributed by atoms with E-state index < -0.39 is 16.6 Å². The van der Waals surface area contributed by atoms with Crippen molar-refractivity contribution in [3.05, 3.63) is 52.3 Å². The molecule has 2 saturated heterocycles. The van der Waals surface area contributed by atoms with Crippen molar-refractivity contribution in [3.8, 4) is 0 Å². The predicted molar refractivity (Wildman–Crippen MR) is 213 cm³/mol. The van der Waals surface area contributed by atoms with Gasteiger partial charge in [-0.1, -0.05) is 30.9 Å². The molecule has 1 aromatic carbocycles. The first-order chi connectivity index (χ1) is 25.3. The number of aromatic nitrogens is 3. The van der Waals surface area contributed by atoms with Gasteiger partial charge in [-0.15, -0.1) is 0 Å². The van der Waals surface area contributed by atoms with Crippen LogP contribution in [0.3, 0.4) is 0 Å². The maximum absolute atomic E-state index is 14.0. The number of piperazine rings is 1. The summed E-state index contributed by atoms with van der Waals surface area (Å²) in [5.74, 6) is 0.889. The van der Waals surface area contributed by atoms with Crippen molar-refractivity contribution < 1.29 is 18.5 Å². The zero-order chi connectivity index (χ0) is 37.7. The smallest absolute Gasteiger partial charge is 0.410 e. The summed E-state index contributed by atoms with van der Waals surface area (Å²) < 4.78 is 22.7. The van der Waals surface area contributed by atoms with Crippen LogP contribution in [0, 0.1) is 12.8 Å². The molecule has 290 valence electrons. The predicted octanol–water partition coefficient (Wildman–Crippen LogP) is 6.44. The van der Waals surface area contributed by atoms with Crippen LogP contribution in [-0.2, 0) is 15.7 Å². The van der Waals surface area contributed by atoms with Crippen LogP contribution >= 0.6 is 11.6 Å². The largest absolute Gasteiger partial charge is 0.444 e. The number of fused-ring (bicyclic) bond motifs is 1. The van der Waals surface area contributed by atoms with Crippen molar-refractivity contribution in [1.82, 2.24) is 29.7 Å².